The summed E-state index contributed by atoms with van der Waals surface area (Å²) in [6.07, 6.45) is 1.88. The Morgan fingerprint density at radius 3 is 3.14 bits per heavy atom. The summed E-state index contributed by atoms with van der Waals surface area (Å²) in [5.74, 6) is 0.873. The van der Waals surface area contributed by atoms with Crippen molar-refractivity contribution in [2.24, 2.45) is 0 Å². The molecule has 0 fully saturated rings. The predicted molar refractivity (Wildman–Crippen MR) is 57.4 cm³/mol. The van der Waals surface area contributed by atoms with Gasteiger partial charge in [0.25, 0.3) is 0 Å². The van der Waals surface area contributed by atoms with Crippen molar-refractivity contribution in [1.82, 2.24) is 9.61 Å². The number of hydrogen-bond acceptors (Lipinski definition) is 2. The molecule has 0 aliphatic heterocycles. The molecule has 0 bridgehead atoms. The highest BCUT2D eigenvalue weighted by Crippen LogP contribution is 2.24. The Morgan fingerprint density at radius 1 is 1.43 bits per heavy atom. The maximum atomic E-state index is 5.55. The molecule has 0 aliphatic rings. The Balaban J connectivity index is 2.52. The molecular weight excluding hydrogens is 244 g/mol. The number of fused-ring (bicyclic) bond motifs is 3. The quantitative estimate of drug-likeness (QED) is 0.614. The van der Waals surface area contributed by atoms with Gasteiger partial charge >= 0.3 is 0 Å². The van der Waals surface area contributed by atoms with Gasteiger partial charge in [0.15, 0.2) is 0 Å². The highest BCUT2D eigenvalue weighted by molar-refractivity contribution is 9.10. The molecule has 3 rings (SSSR count). The van der Waals surface area contributed by atoms with Crippen LogP contribution in [0.2, 0.25) is 0 Å². The smallest absolute Gasteiger partial charge is 0.229 e. The second-order valence-electron chi connectivity index (χ2n) is 3.25. The third-order valence-electron chi connectivity index (χ3n) is 2.18. The molecule has 0 spiro atoms. The van der Waals surface area contributed by atoms with Crippen LogP contribution < -0.4 is 0 Å². The van der Waals surface area contributed by atoms with E-state index in [1.165, 1.54) is 0 Å². The molecule has 4 heteroatoms. The van der Waals surface area contributed by atoms with Crippen molar-refractivity contribution in [3.05, 3.63) is 34.6 Å². The lowest BCUT2D eigenvalue weighted by Crippen LogP contribution is -1.77. The minimum absolute atomic E-state index is 0.810. The summed E-state index contributed by atoms with van der Waals surface area (Å²) in [7, 11) is 0. The van der Waals surface area contributed by atoms with Crippen LogP contribution in [-0.4, -0.2) is 9.61 Å². The van der Waals surface area contributed by atoms with E-state index >= 15 is 0 Å². The summed E-state index contributed by atoms with van der Waals surface area (Å²) in [6.45, 7) is 1.92. The van der Waals surface area contributed by atoms with Crippen LogP contribution in [0, 0.1) is 6.92 Å². The van der Waals surface area contributed by atoms with E-state index in [2.05, 4.69) is 21.0 Å². The fourth-order valence-electron chi connectivity index (χ4n) is 1.59. The van der Waals surface area contributed by atoms with Crippen LogP contribution in [0.25, 0.3) is 16.6 Å². The lowest BCUT2D eigenvalue weighted by atomic mass is 10.3. The van der Waals surface area contributed by atoms with Gasteiger partial charge in [0.1, 0.15) is 5.76 Å². The zero-order valence-corrected chi connectivity index (χ0v) is 9.08. The molecule has 14 heavy (non-hydrogen) atoms. The van der Waals surface area contributed by atoms with Gasteiger partial charge in [0, 0.05) is 4.47 Å². The number of halogens is 1. The topological polar surface area (TPSA) is 30.4 Å². The van der Waals surface area contributed by atoms with Crippen molar-refractivity contribution in [1.29, 1.82) is 0 Å². The van der Waals surface area contributed by atoms with E-state index in [0.717, 1.165) is 26.8 Å². The summed E-state index contributed by atoms with van der Waals surface area (Å²) in [4.78, 5) is 0. The number of rotatable bonds is 0. The summed E-state index contributed by atoms with van der Waals surface area (Å²) >= 11 is 3.41. The van der Waals surface area contributed by atoms with Gasteiger partial charge in [0.05, 0.1) is 17.1 Å². The molecule has 0 amide bonds. The molecule has 70 valence electrons. The first-order valence-corrected chi connectivity index (χ1v) is 5.07. The van der Waals surface area contributed by atoms with Crippen molar-refractivity contribution in [2.45, 2.75) is 6.92 Å². The fourth-order valence-corrected chi connectivity index (χ4v) is 1.94. The van der Waals surface area contributed by atoms with Crippen LogP contribution in [0.5, 0.6) is 0 Å². The normalized spacial score (nSPS) is 11.6. The van der Waals surface area contributed by atoms with Gasteiger partial charge in [-0.25, -0.2) is 4.52 Å². The SMILES string of the molecule is Cc1cn2nc3cc(Br)ccc3c2o1. The van der Waals surface area contributed by atoms with Crippen molar-refractivity contribution < 1.29 is 4.42 Å². The Kier molecular flexibility index (Phi) is 1.50. The number of benzene rings is 1. The molecule has 0 saturated heterocycles. The molecule has 3 aromatic rings. The minimum Gasteiger partial charge on any atom is -0.441 e. The second kappa shape index (κ2) is 2.60. The van der Waals surface area contributed by atoms with Crippen LogP contribution in [0.15, 0.2) is 33.3 Å². The molecule has 0 unspecified atom stereocenters. The Morgan fingerprint density at radius 2 is 2.29 bits per heavy atom. The Bertz CT molecular complexity index is 620. The average molecular weight is 251 g/mol. The number of aryl methyl sites for hydroxylation is 1. The fraction of sp³-hybridized carbons (Fsp3) is 0.100. The highest BCUT2D eigenvalue weighted by atomic mass is 79.9. The molecular formula is C10H7BrN2O. The molecule has 2 heterocycles. The van der Waals surface area contributed by atoms with Gasteiger partial charge in [0.2, 0.25) is 5.71 Å². The third-order valence-corrected chi connectivity index (χ3v) is 2.67. The number of nitrogens with zero attached hydrogens (tertiary/aromatic N) is 2. The van der Waals surface area contributed by atoms with Gasteiger partial charge in [-0.15, -0.1) is 0 Å². The summed E-state index contributed by atoms with van der Waals surface area (Å²) in [5.41, 5.74) is 1.75. The molecule has 0 radical (unpaired) electrons. The average Bonchev–Trinajstić information content (AvgIpc) is 2.59. The first kappa shape index (κ1) is 8.05. The maximum absolute atomic E-state index is 5.55. The van der Waals surface area contributed by atoms with Crippen molar-refractivity contribution in [3.63, 3.8) is 0 Å². The number of oxazole rings is 1. The second-order valence-corrected chi connectivity index (χ2v) is 4.17. The Hall–Kier alpha value is -1.29. The van der Waals surface area contributed by atoms with Crippen molar-refractivity contribution in [2.75, 3.05) is 0 Å². The molecule has 0 saturated carbocycles. The standard InChI is InChI=1S/C10H7BrN2O/c1-6-5-13-10(14-6)8-3-2-7(11)4-9(8)12-13/h2-5H,1H3. The van der Waals surface area contributed by atoms with E-state index in [0.29, 0.717) is 0 Å². The number of aromatic nitrogens is 2. The van der Waals surface area contributed by atoms with E-state index in [1.54, 1.807) is 4.52 Å². The maximum Gasteiger partial charge on any atom is 0.229 e. The largest absolute Gasteiger partial charge is 0.441 e. The van der Waals surface area contributed by atoms with Crippen molar-refractivity contribution in [3.8, 4) is 0 Å². The lowest BCUT2D eigenvalue weighted by molar-refractivity contribution is 0.575. The summed E-state index contributed by atoms with van der Waals surface area (Å²) in [6, 6.07) is 5.97. The van der Waals surface area contributed by atoms with Crippen LogP contribution >= 0.6 is 15.9 Å². The van der Waals surface area contributed by atoms with Crippen LogP contribution in [0.4, 0.5) is 0 Å². The molecule has 3 nitrogen and oxygen atoms in total. The first-order chi connectivity index (χ1) is 6.74. The number of hydrogen-bond donors (Lipinski definition) is 0. The van der Waals surface area contributed by atoms with E-state index in [1.807, 2.05) is 31.3 Å². The predicted octanol–water partition coefficient (Wildman–Crippen LogP) is 3.15. The molecule has 0 aliphatic carbocycles. The molecule has 2 aromatic heterocycles. The van der Waals surface area contributed by atoms with E-state index in [-0.39, 0.29) is 0 Å². The van der Waals surface area contributed by atoms with Gasteiger partial charge in [-0.1, -0.05) is 15.9 Å². The third kappa shape index (κ3) is 1.00. The highest BCUT2D eigenvalue weighted by Gasteiger charge is 2.08. The lowest BCUT2D eigenvalue weighted by Gasteiger charge is -1.88. The van der Waals surface area contributed by atoms with Crippen molar-refractivity contribution >= 4 is 32.5 Å². The molecule has 0 atom stereocenters. The minimum atomic E-state index is 0.810. The van der Waals surface area contributed by atoms with Gasteiger partial charge < -0.3 is 4.42 Å². The van der Waals surface area contributed by atoms with Crippen LogP contribution in [-0.2, 0) is 0 Å². The van der Waals surface area contributed by atoms with Crippen LogP contribution in [0.3, 0.4) is 0 Å². The first-order valence-electron chi connectivity index (χ1n) is 4.28. The van der Waals surface area contributed by atoms with E-state index in [4.69, 9.17) is 4.42 Å². The summed E-state index contributed by atoms with van der Waals surface area (Å²) in [5, 5.41) is 5.43. The summed E-state index contributed by atoms with van der Waals surface area (Å²) < 4.78 is 8.35. The van der Waals surface area contributed by atoms with Gasteiger partial charge in [-0.05, 0) is 25.1 Å². The zero-order valence-electron chi connectivity index (χ0n) is 7.49. The molecule has 1 aromatic carbocycles. The van der Waals surface area contributed by atoms with E-state index in [9.17, 15) is 0 Å². The van der Waals surface area contributed by atoms with E-state index < -0.39 is 0 Å². The van der Waals surface area contributed by atoms with Crippen LogP contribution in [0.1, 0.15) is 5.76 Å². The monoisotopic (exact) mass is 250 g/mol. The Labute approximate surface area is 88.4 Å². The zero-order chi connectivity index (χ0) is 9.71. The molecule has 0 N–H and O–H groups in total. The van der Waals surface area contributed by atoms with Gasteiger partial charge in [-0.3, -0.25) is 0 Å². The van der Waals surface area contributed by atoms with Gasteiger partial charge in [-0.2, -0.15) is 5.10 Å².